The summed E-state index contributed by atoms with van der Waals surface area (Å²) in [4.78, 5) is 21.1. The van der Waals surface area contributed by atoms with Crippen LogP contribution in [0.15, 0.2) is 36.9 Å². The molecule has 25 heavy (non-hydrogen) atoms. The van der Waals surface area contributed by atoms with Crippen LogP contribution >= 0.6 is 11.3 Å². The highest BCUT2D eigenvalue weighted by molar-refractivity contribution is 7.16. The van der Waals surface area contributed by atoms with Gasteiger partial charge < -0.3 is 4.74 Å². The van der Waals surface area contributed by atoms with Gasteiger partial charge in [-0.05, 0) is 43.7 Å². The molecule has 2 heterocycles. The quantitative estimate of drug-likeness (QED) is 0.785. The van der Waals surface area contributed by atoms with E-state index in [1.807, 2.05) is 24.3 Å². The molecule has 4 rings (SSSR count). The van der Waals surface area contributed by atoms with Crippen LogP contribution in [-0.4, -0.2) is 24.0 Å². The first-order valence-corrected chi connectivity index (χ1v) is 9.69. The molecule has 0 bridgehead atoms. The number of amides is 1. The molecule has 1 aromatic heterocycles. The molecule has 0 radical (unpaired) electrons. The maximum absolute atomic E-state index is 13.2. The zero-order valence-corrected chi connectivity index (χ0v) is 15.1. The lowest BCUT2D eigenvalue weighted by Crippen LogP contribution is -2.41. The van der Waals surface area contributed by atoms with Crippen LogP contribution in [0.1, 0.15) is 29.0 Å². The van der Waals surface area contributed by atoms with Gasteiger partial charge >= 0.3 is 0 Å². The second-order valence-electron chi connectivity index (χ2n) is 6.63. The van der Waals surface area contributed by atoms with E-state index >= 15 is 0 Å². The number of aromatic nitrogens is 1. The van der Waals surface area contributed by atoms with E-state index in [2.05, 4.69) is 6.58 Å². The number of para-hydroxylation sites is 1. The Hall–Kier alpha value is -2.14. The summed E-state index contributed by atoms with van der Waals surface area (Å²) in [6.45, 7) is 4.74. The number of hydrogen-bond donors (Lipinski definition) is 0. The van der Waals surface area contributed by atoms with E-state index in [4.69, 9.17) is 9.72 Å². The number of hydrogen-bond acceptors (Lipinski definition) is 4. The Morgan fingerprint density at radius 3 is 3.04 bits per heavy atom. The average Bonchev–Trinajstić information content (AvgIpc) is 3.09. The smallest absolute Gasteiger partial charge is 0.235 e. The van der Waals surface area contributed by atoms with E-state index in [0.29, 0.717) is 19.6 Å². The van der Waals surface area contributed by atoms with E-state index in [1.54, 1.807) is 22.3 Å². The molecule has 0 saturated heterocycles. The molecule has 1 atom stereocenters. The van der Waals surface area contributed by atoms with Crippen molar-refractivity contribution in [2.75, 3.05) is 18.1 Å². The molecule has 1 aromatic carbocycles. The normalized spacial score (nSPS) is 18.6. The molecule has 130 valence electrons. The third-order valence-corrected chi connectivity index (χ3v) is 6.05. The van der Waals surface area contributed by atoms with Gasteiger partial charge in [-0.3, -0.25) is 9.69 Å². The lowest BCUT2D eigenvalue weighted by molar-refractivity contribution is -0.123. The van der Waals surface area contributed by atoms with E-state index in [0.717, 1.165) is 29.3 Å². The van der Waals surface area contributed by atoms with Gasteiger partial charge in [-0.25, -0.2) is 4.98 Å². The summed E-state index contributed by atoms with van der Waals surface area (Å²) >= 11 is 1.67. The number of benzene rings is 1. The first-order chi connectivity index (χ1) is 12.3. The topological polar surface area (TPSA) is 42.4 Å². The number of nitrogens with zero attached hydrogens (tertiary/aromatic N) is 2. The van der Waals surface area contributed by atoms with Crippen molar-refractivity contribution in [2.24, 2.45) is 5.92 Å². The fourth-order valence-corrected chi connectivity index (χ4v) is 4.72. The van der Waals surface area contributed by atoms with Gasteiger partial charge in [0.1, 0.15) is 12.4 Å². The van der Waals surface area contributed by atoms with Crippen LogP contribution in [0.25, 0.3) is 0 Å². The van der Waals surface area contributed by atoms with Crippen molar-refractivity contribution in [3.05, 3.63) is 53.1 Å². The Balaban J connectivity index is 1.57. The third-order valence-electron chi connectivity index (χ3n) is 4.87. The minimum absolute atomic E-state index is 0.0838. The van der Waals surface area contributed by atoms with Crippen LogP contribution in [0.2, 0.25) is 0 Å². The van der Waals surface area contributed by atoms with Gasteiger partial charge in [0.05, 0.1) is 11.6 Å². The maximum Gasteiger partial charge on any atom is 0.235 e. The number of fused-ring (bicyclic) bond motifs is 2. The minimum Gasteiger partial charge on any atom is -0.492 e. The summed E-state index contributed by atoms with van der Waals surface area (Å²) in [7, 11) is 0. The highest BCUT2D eigenvalue weighted by atomic mass is 32.1. The van der Waals surface area contributed by atoms with E-state index in [9.17, 15) is 4.79 Å². The highest BCUT2D eigenvalue weighted by Crippen LogP contribution is 2.34. The summed E-state index contributed by atoms with van der Waals surface area (Å²) in [6.07, 6.45) is 7.02. The molecular formula is C20H22N2O2S. The van der Waals surface area contributed by atoms with Gasteiger partial charge in [0.25, 0.3) is 0 Å². The fraction of sp³-hybridized carbons (Fsp3) is 0.400. The van der Waals surface area contributed by atoms with E-state index in [-0.39, 0.29) is 11.8 Å². The number of rotatable bonds is 4. The van der Waals surface area contributed by atoms with Gasteiger partial charge in [-0.15, -0.1) is 17.9 Å². The van der Waals surface area contributed by atoms with Gasteiger partial charge in [0, 0.05) is 11.4 Å². The summed E-state index contributed by atoms with van der Waals surface area (Å²) in [6, 6.07) is 7.96. The summed E-state index contributed by atoms with van der Waals surface area (Å²) in [5, 5.41) is 0.815. The van der Waals surface area contributed by atoms with Crippen molar-refractivity contribution in [3.8, 4) is 5.75 Å². The molecule has 2 aromatic rings. The van der Waals surface area contributed by atoms with Crippen molar-refractivity contribution in [2.45, 2.75) is 32.1 Å². The van der Waals surface area contributed by atoms with Crippen molar-refractivity contribution in [1.82, 2.24) is 4.98 Å². The summed E-state index contributed by atoms with van der Waals surface area (Å²) in [5.41, 5.74) is 2.28. The molecule has 4 nitrogen and oxygen atoms in total. The Labute approximate surface area is 152 Å². The Bertz CT molecular complexity index is 775. The van der Waals surface area contributed by atoms with Crippen LogP contribution in [0.5, 0.6) is 5.75 Å². The number of thiazole rings is 1. The number of ether oxygens (including phenoxy) is 1. The van der Waals surface area contributed by atoms with Gasteiger partial charge in [-0.1, -0.05) is 24.3 Å². The number of carbonyl (C=O) groups is 1. The van der Waals surface area contributed by atoms with Crippen molar-refractivity contribution in [1.29, 1.82) is 0 Å². The number of aryl methyl sites for hydroxylation is 2. The van der Waals surface area contributed by atoms with Gasteiger partial charge in [-0.2, -0.15) is 0 Å². The fourth-order valence-electron chi connectivity index (χ4n) is 3.55. The molecule has 2 aliphatic rings. The monoisotopic (exact) mass is 354 g/mol. The molecule has 5 heteroatoms. The average molecular weight is 354 g/mol. The SMILES string of the molecule is C=CCN(C(=O)C1COc2ccccc2C1)c1nc2c(s1)CCCC2. The molecule has 0 saturated carbocycles. The summed E-state index contributed by atoms with van der Waals surface area (Å²) in [5.74, 6) is 0.808. The Morgan fingerprint density at radius 1 is 1.36 bits per heavy atom. The molecule has 1 aliphatic heterocycles. The molecule has 1 unspecified atom stereocenters. The van der Waals surface area contributed by atoms with Gasteiger partial charge in [0.2, 0.25) is 5.91 Å². The van der Waals surface area contributed by atoms with Crippen molar-refractivity contribution < 1.29 is 9.53 Å². The summed E-state index contributed by atoms with van der Waals surface area (Å²) < 4.78 is 5.81. The zero-order chi connectivity index (χ0) is 17.2. The highest BCUT2D eigenvalue weighted by Gasteiger charge is 2.31. The third kappa shape index (κ3) is 3.21. The minimum atomic E-state index is -0.171. The predicted octanol–water partition coefficient (Wildman–Crippen LogP) is 3.79. The molecule has 0 fully saturated rings. The zero-order valence-electron chi connectivity index (χ0n) is 14.2. The van der Waals surface area contributed by atoms with E-state index in [1.165, 1.54) is 23.4 Å². The van der Waals surface area contributed by atoms with Crippen LogP contribution < -0.4 is 9.64 Å². The number of anilines is 1. The second kappa shape index (κ2) is 7.00. The lowest BCUT2D eigenvalue weighted by atomic mass is 9.95. The number of carbonyl (C=O) groups excluding carboxylic acids is 1. The van der Waals surface area contributed by atoms with Crippen molar-refractivity contribution >= 4 is 22.4 Å². The van der Waals surface area contributed by atoms with Crippen LogP contribution in [0, 0.1) is 5.92 Å². The van der Waals surface area contributed by atoms with Crippen molar-refractivity contribution in [3.63, 3.8) is 0 Å². The Morgan fingerprint density at radius 2 is 2.20 bits per heavy atom. The predicted molar refractivity (Wildman–Crippen MR) is 100 cm³/mol. The standard InChI is InChI=1S/C20H22N2O2S/c1-2-11-22(20-21-16-8-4-6-10-18(16)25-20)19(23)15-12-14-7-3-5-9-17(14)24-13-15/h2-3,5,7,9,15H,1,4,6,8,10-13H2. The van der Waals surface area contributed by atoms with E-state index < -0.39 is 0 Å². The second-order valence-corrected chi connectivity index (χ2v) is 7.69. The van der Waals surface area contributed by atoms with Crippen LogP contribution in [-0.2, 0) is 24.1 Å². The molecule has 0 N–H and O–H groups in total. The van der Waals surface area contributed by atoms with Crippen LogP contribution in [0.4, 0.5) is 5.13 Å². The maximum atomic E-state index is 13.2. The molecule has 1 amide bonds. The van der Waals surface area contributed by atoms with Crippen LogP contribution in [0.3, 0.4) is 0 Å². The largest absolute Gasteiger partial charge is 0.492 e. The first-order valence-electron chi connectivity index (χ1n) is 8.88. The first kappa shape index (κ1) is 16.3. The Kier molecular flexibility index (Phi) is 4.57. The molecule has 1 aliphatic carbocycles. The lowest BCUT2D eigenvalue weighted by Gasteiger charge is -2.28. The molecular weight excluding hydrogens is 332 g/mol. The molecule has 0 spiro atoms. The van der Waals surface area contributed by atoms with Gasteiger partial charge in [0.15, 0.2) is 5.13 Å².